The SMILES string of the molecule is CN=C1NCCN1Cc1sc2c(c1C)c(=O)n(CC(C)(C)C)c(=O)n2CCC(F)(F)F. The Morgan fingerprint density at radius 2 is 1.84 bits per heavy atom. The van der Waals surface area contributed by atoms with E-state index < -0.39 is 30.4 Å². The third kappa shape index (κ3) is 4.97. The molecule has 0 aromatic carbocycles. The van der Waals surface area contributed by atoms with Gasteiger partial charge >= 0.3 is 11.9 Å². The van der Waals surface area contributed by atoms with Crippen LogP contribution in [0, 0.1) is 12.3 Å². The molecule has 1 fully saturated rings. The quantitative estimate of drug-likeness (QED) is 0.747. The Hall–Kier alpha value is -2.30. The van der Waals surface area contributed by atoms with Gasteiger partial charge in [-0.05, 0) is 17.9 Å². The molecule has 1 aliphatic heterocycles. The van der Waals surface area contributed by atoms with E-state index in [9.17, 15) is 22.8 Å². The Balaban J connectivity index is 2.18. The number of aromatic nitrogens is 2. The predicted octanol–water partition coefficient (Wildman–Crippen LogP) is 2.92. The molecule has 0 unspecified atom stereocenters. The van der Waals surface area contributed by atoms with Gasteiger partial charge in [-0.25, -0.2) is 4.79 Å². The fraction of sp³-hybridized carbons (Fsp3) is 0.650. The molecule has 0 saturated carbocycles. The molecule has 0 atom stereocenters. The van der Waals surface area contributed by atoms with E-state index in [0.29, 0.717) is 22.3 Å². The number of hydrogen-bond acceptors (Lipinski definition) is 4. The van der Waals surface area contributed by atoms with Gasteiger partial charge in [0.1, 0.15) is 4.83 Å². The van der Waals surface area contributed by atoms with Gasteiger partial charge in [0.2, 0.25) is 0 Å². The van der Waals surface area contributed by atoms with E-state index in [-0.39, 0.29) is 12.0 Å². The summed E-state index contributed by atoms with van der Waals surface area (Å²) in [6, 6.07) is 0. The molecule has 0 radical (unpaired) electrons. The molecule has 11 heteroatoms. The molecule has 3 heterocycles. The first kappa shape index (κ1) is 23.4. The Labute approximate surface area is 182 Å². The molecule has 1 saturated heterocycles. The summed E-state index contributed by atoms with van der Waals surface area (Å²) in [5, 5.41) is 3.49. The summed E-state index contributed by atoms with van der Waals surface area (Å²) in [6.45, 7) is 8.97. The Morgan fingerprint density at radius 1 is 1.16 bits per heavy atom. The number of guanidine groups is 1. The van der Waals surface area contributed by atoms with Gasteiger partial charge in [0.05, 0.1) is 18.4 Å². The van der Waals surface area contributed by atoms with E-state index in [2.05, 4.69) is 10.3 Å². The topological polar surface area (TPSA) is 71.6 Å². The third-order valence-corrected chi connectivity index (χ3v) is 6.45. The number of thiophene rings is 1. The molecule has 2 aromatic heterocycles. The highest BCUT2D eigenvalue weighted by atomic mass is 32.1. The minimum absolute atomic E-state index is 0.125. The van der Waals surface area contributed by atoms with Gasteiger partial charge in [-0.15, -0.1) is 11.3 Å². The lowest BCUT2D eigenvalue weighted by atomic mass is 9.97. The maximum Gasteiger partial charge on any atom is 0.390 e. The Kier molecular flexibility index (Phi) is 6.28. The lowest BCUT2D eigenvalue weighted by Crippen LogP contribution is -2.42. The number of hydrogen-bond donors (Lipinski definition) is 1. The van der Waals surface area contributed by atoms with Gasteiger partial charge in [-0.3, -0.25) is 18.9 Å². The van der Waals surface area contributed by atoms with E-state index in [4.69, 9.17) is 0 Å². The zero-order chi connectivity index (χ0) is 23.1. The maximum absolute atomic E-state index is 13.3. The fourth-order valence-corrected chi connectivity index (χ4v) is 5.04. The number of fused-ring (bicyclic) bond motifs is 1. The van der Waals surface area contributed by atoms with Crippen molar-refractivity contribution in [3.05, 3.63) is 31.3 Å². The van der Waals surface area contributed by atoms with Crippen LogP contribution in [0.25, 0.3) is 10.2 Å². The second kappa shape index (κ2) is 8.33. The molecular formula is C20H28F3N5O2S. The molecule has 1 aliphatic rings. The molecule has 0 amide bonds. The number of alkyl halides is 3. The molecule has 172 valence electrons. The van der Waals surface area contributed by atoms with Gasteiger partial charge in [0, 0.05) is 38.1 Å². The zero-order valence-corrected chi connectivity index (χ0v) is 19.2. The minimum atomic E-state index is -4.40. The van der Waals surface area contributed by atoms with Crippen molar-refractivity contribution in [1.82, 2.24) is 19.4 Å². The highest BCUT2D eigenvalue weighted by molar-refractivity contribution is 7.18. The van der Waals surface area contributed by atoms with Crippen LogP contribution in [0.2, 0.25) is 0 Å². The van der Waals surface area contributed by atoms with Crippen LogP contribution in [0.15, 0.2) is 14.6 Å². The first-order valence-corrected chi connectivity index (χ1v) is 10.9. The van der Waals surface area contributed by atoms with E-state index in [1.165, 1.54) is 11.3 Å². The predicted molar refractivity (Wildman–Crippen MR) is 117 cm³/mol. The van der Waals surface area contributed by atoms with Crippen LogP contribution in [0.3, 0.4) is 0 Å². The summed E-state index contributed by atoms with van der Waals surface area (Å²) in [5.74, 6) is 0.733. The highest BCUT2D eigenvalue weighted by Gasteiger charge is 2.29. The van der Waals surface area contributed by atoms with Crippen molar-refractivity contribution in [3.8, 4) is 0 Å². The monoisotopic (exact) mass is 459 g/mol. The summed E-state index contributed by atoms with van der Waals surface area (Å²) >= 11 is 1.21. The first-order chi connectivity index (χ1) is 14.3. The van der Waals surface area contributed by atoms with Gasteiger partial charge in [-0.1, -0.05) is 20.8 Å². The van der Waals surface area contributed by atoms with E-state index >= 15 is 0 Å². The van der Waals surface area contributed by atoms with Crippen LogP contribution in [0.4, 0.5) is 13.2 Å². The van der Waals surface area contributed by atoms with Crippen LogP contribution in [-0.4, -0.2) is 46.3 Å². The zero-order valence-electron chi connectivity index (χ0n) is 18.4. The summed E-state index contributed by atoms with van der Waals surface area (Å²) < 4.78 is 41.1. The van der Waals surface area contributed by atoms with Crippen molar-refractivity contribution in [1.29, 1.82) is 0 Å². The van der Waals surface area contributed by atoms with Crippen LogP contribution >= 0.6 is 11.3 Å². The van der Waals surface area contributed by atoms with Crippen LogP contribution in [0.1, 0.15) is 37.6 Å². The van der Waals surface area contributed by atoms with Crippen molar-refractivity contribution in [3.63, 3.8) is 0 Å². The second-order valence-electron chi connectivity index (χ2n) is 8.98. The first-order valence-electron chi connectivity index (χ1n) is 10.1. The van der Waals surface area contributed by atoms with E-state index in [0.717, 1.165) is 33.1 Å². The molecular weight excluding hydrogens is 431 g/mol. The Morgan fingerprint density at radius 3 is 2.42 bits per heavy atom. The van der Waals surface area contributed by atoms with Crippen molar-refractivity contribution < 1.29 is 13.2 Å². The van der Waals surface area contributed by atoms with Crippen molar-refractivity contribution in [2.24, 2.45) is 10.4 Å². The number of rotatable bonds is 5. The van der Waals surface area contributed by atoms with Crippen LogP contribution in [-0.2, 0) is 19.6 Å². The summed E-state index contributed by atoms with van der Waals surface area (Å²) in [7, 11) is 1.68. The van der Waals surface area contributed by atoms with Crippen molar-refractivity contribution >= 4 is 27.5 Å². The number of nitrogens with one attached hydrogen (secondary N) is 1. The number of aliphatic imine (C=N–C) groups is 1. The fourth-order valence-electron chi connectivity index (χ4n) is 3.71. The lowest BCUT2D eigenvalue weighted by Gasteiger charge is -2.20. The lowest BCUT2D eigenvalue weighted by molar-refractivity contribution is -0.136. The smallest absolute Gasteiger partial charge is 0.354 e. The third-order valence-electron chi connectivity index (χ3n) is 5.15. The molecule has 0 aliphatic carbocycles. The standard InChI is InChI=1S/C20H28F3N5O2S/c1-12-13(10-26-9-7-25-17(26)24-5)31-16-14(12)15(29)28(11-19(2,3)4)18(30)27(16)8-6-20(21,22)23/h6-11H2,1-5H3,(H,24,25). The number of halogens is 3. The van der Waals surface area contributed by atoms with E-state index in [1.807, 2.05) is 25.7 Å². The van der Waals surface area contributed by atoms with Crippen LogP contribution in [0.5, 0.6) is 0 Å². The molecule has 3 rings (SSSR count). The number of nitrogens with zero attached hydrogens (tertiary/aromatic N) is 4. The largest absolute Gasteiger partial charge is 0.390 e. The second-order valence-corrected chi connectivity index (χ2v) is 10.1. The average Bonchev–Trinajstić information content (AvgIpc) is 3.22. The minimum Gasteiger partial charge on any atom is -0.354 e. The summed E-state index contributed by atoms with van der Waals surface area (Å²) in [6.07, 6.45) is -5.54. The molecule has 2 aromatic rings. The molecule has 31 heavy (non-hydrogen) atoms. The Bertz CT molecular complexity index is 1120. The van der Waals surface area contributed by atoms with Crippen LogP contribution < -0.4 is 16.6 Å². The molecule has 0 spiro atoms. The van der Waals surface area contributed by atoms with Gasteiger partial charge < -0.3 is 10.2 Å². The summed E-state index contributed by atoms with van der Waals surface area (Å²) in [5.41, 5.74) is -0.820. The molecule has 7 nitrogen and oxygen atoms in total. The van der Waals surface area contributed by atoms with Crippen molar-refractivity contribution in [2.45, 2.75) is 59.9 Å². The normalized spacial score (nSPS) is 16.5. The highest BCUT2D eigenvalue weighted by Crippen LogP contribution is 2.30. The van der Waals surface area contributed by atoms with Gasteiger partial charge in [0.25, 0.3) is 5.56 Å². The molecule has 0 bridgehead atoms. The van der Waals surface area contributed by atoms with Crippen molar-refractivity contribution in [2.75, 3.05) is 20.1 Å². The van der Waals surface area contributed by atoms with Gasteiger partial charge in [0.15, 0.2) is 5.96 Å². The summed E-state index contributed by atoms with van der Waals surface area (Å²) in [4.78, 5) is 33.7. The molecule has 1 N–H and O–H groups in total. The number of aryl methyl sites for hydroxylation is 2. The average molecular weight is 460 g/mol. The van der Waals surface area contributed by atoms with E-state index in [1.54, 1.807) is 14.0 Å². The maximum atomic E-state index is 13.3. The van der Waals surface area contributed by atoms with Gasteiger partial charge in [-0.2, -0.15) is 13.2 Å².